The second kappa shape index (κ2) is 7.96. The molecule has 8 heteroatoms. The summed E-state index contributed by atoms with van der Waals surface area (Å²) in [6.07, 6.45) is 0.112. The lowest BCUT2D eigenvalue weighted by Gasteiger charge is -2.07. The Morgan fingerprint density at radius 2 is 2.00 bits per heavy atom. The van der Waals surface area contributed by atoms with Crippen LogP contribution in [0.3, 0.4) is 0 Å². The molecule has 1 aromatic heterocycles. The minimum atomic E-state index is -0.472. The van der Waals surface area contributed by atoms with Crippen molar-refractivity contribution in [3.05, 3.63) is 69.1 Å². The van der Waals surface area contributed by atoms with E-state index in [9.17, 15) is 14.9 Å². The largest absolute Gasteiger partial charge is 0.496 e. The first-order valence-corrected chi connectivity index (χ1v) is 8.98. The maximum absolute atomic E-state index is 12.2. The van der Waals surface area contributed by atoms with E-state index in [2.05, 4.69) is 10.3 Å². The third kappa shape index (κ3) is 4.48. The number of benzene rings is 2. The Morgan fingerprint density at radius 3 is 2.67 bits per heavy atom. The molecule has 27 heavy (non-hydrogen) atoms. The molecule has 0 atom stereocenters. The first-order chi connectivity index (χ1) is 13.0. The lowest BCUT2D eigenvalue weighted by Crippen LogP contribution is -2.14. The van der Waals surface area contributed by atoms with Gasteiger partial charge < -0.3 is 10.1 Å². The molecule has 7 nitrogen and oxygen atoms in total. The van der Waals surface area contributed by atoms with Crippen molar-refractivity contribution in [1.82, 2.24) is 4.98 Å². The van der Waals surface area contributed by atoms with E-state index in [1.54, 1.807) is 19.2 Å². The summed E-state index contributed by atoms with van der Waals surface area (Å²) in [6.45, 7) is 1.99. The minimum absolute atomic E-state index is 0.00387. The average Bonchev–Trinajstić information content (AvgIpc) is 3.10. The van der Waals surface area contributed by atoms with Gasteiger partial charge in [-0.1, -0.05) is 23.8 Å². The van der Waals surface area contributed by atoms with E-state index in [-0.39, 0.29) is 18.0 Å². The van der Waals surface area contributed by atoms with Gasteiger partial charge in [-0.05, 0) is 24.6 Å². The van der Waals surface area contributed by atoms with Crippen LogP contribution in [0.2, 0.25) is 0 Å². The molecular formula is C19H17N3O4S. The molecule has 0 bridgehead atoms. The SMILES string of the molecule is COc1ccc(C)cc1-c1csc(NC(=O)Cc2ccc([N+](=O)[O-])cc2)n1. The topological polar surface area (TPSA) is 94.4 Å². The van der Waals surface area contributed by atoms with Gasteiger partial charge in [0.1, 0.15) is 5.75 Å². The van der Waals surface area contributed by atoms with E-state index >= 15 is 0 Å². The van der Waals surface area contributed by atoms with Crippen molar-refractivity contribution in [3.63, 3.8) is 0 Å². The quantitative estimate of drug-likeness (QED) is 0.508. The van der Waals surface area contributed by atoms with Gasteiger partial charge in [0.05, 0.1) is 24.1 Å². The van der Waals surface area contributed by atoms with Crippen molar-refractivity contribution in [2.75, 3.05) is 12.4 Å². The molecule has 0 unspecified atom stereocenters. The number of anilines is 1. The third-order valence-corrected chi connectivity index (χ3v) is 4.65. The molecule has 1 amide bonds. The minimum Gasteiger partial charge on any atom is -0.496 e. The van der Waals surface area contributed by atoms with Crippen LogP contribution in [0.4, 0.5) is 10.8 Å². The molecule has 0 fully saturated rings. The van der Waals surface area contributed by atoms with Gasteiger partial charge in [0, 0.05) is 23.1 Å². The average molecular weight is 383 g/mol. The maximum atomic E-state index is 12.2. The molecular weight excluding hydrogens is 366 g/mol. The number of methoxy groups -OCH3 is 1. The van der Waals surface area contributed by atoms with Gasteiger partial charge >= 0.3 is 0 Å². The van der Waals surface area contributed by atoms with E-state index < -0.39 is 4.92 Å². The molecule has 0 aliphatic carbocycles. The summed E-state index contributed by atoms with van der Waals surface area (Å²) in [5, 5.41) is 15.8. The number of nitrogens with one attached hydrogen (secondary N) is 1. The third-order valence-electron chi connectivity index (χ3n) is 3.89. The van der Waals surface area contributed by atoms with Crippen molar-refractivity contribution >= 4 is 28.1 Å². The highest BCUT2D eigenvalue weighted by atomic mass is 32.1. The smallest absolute Gasteiger partial charge is 0.269 e. The summed E-state index contributed by atoms with van der Waals surface area (Å²) < 4.78 is 5.38. The molecule has 3 aromatic rings. The van der Waals surface area contributed by atoms with E-state index in [1.165, 1.54) is 23.5 Å². The summed E-state index contributed by atoms with van der Waals surface area (Å²) in [5.74, 6) is 0.482. The maximum Gasteiger partial charge on any atom is 0.269 e. The van der Waals surface area contributed by atoms with Gasteiger partial charge in [0.25, 0.3) is 5.69 Å². The van der Waals surface area contributed by atoms with E-state index in [0.717, 1.165) is 22.6 Å². The lowest BCUT2D eigenvalue weighted by molar-refractivity contribution is -0.384. The number of nitro benzene ring substituents is 1. The number of thiazole rings is 1. The van der Waals surface area contributed by atoms with Crippen molar-refractivity contribution in [2.24, 2.45) is 0 Å². The van der Waals surface area contributed by atoms with Crippen LogP contribution < -0.4 is 10.1 Å². The standard InChI is InChI=1S/C19H17N3O4S/c1-12-3-8-17(26-2)15(9-12)16-11-27-19(20-16)21-18(23)10-13-4-6-14(7-5-13)22(24)25/h3-9,11H,10H2,1-2H3,(H,20,21,23). The van der Waals surface area contributed by atoms with Crippen LogP contribution in [0.25, 0.3) is 11.3 Å². The summed E-state index contributed by atoms with van der Waals surface area (Å²) >= 11 is 1.33. The Balaban J connectivity index is 1.69. The number of nitro groups is 1. The van der Waals surface area contributed by atoms with Gasteiger partial charge in [0.2, 0.25) is 5.91 Å². The van der Waals surface area contributed by atoms with Gasteiger partial charge in [0.15, 0.2) is 5.13 Å². The zero-order chi connectivity index (χ0) is 19.4. The van der Waals surface area contributed by atoms with Crippen LogP contribution in [0.1, 0.15) is 11.1 Å². The van der Waals surface area contributed by atoms with E-state index in [1.807, 2.05) is 30.5 Å². The number of rotatable bonds is 6. The molecule has 0 radical (unpaired) electrons. The van der Waals surface area contributed by atoms with Crippen LogP contribution >= 0.6 is 11.3 Å². The molecule has 0 spiro atoms. The van der Waals surface area contributed by atoms with E-state index in [4.69, 9.17) is 4.74 Å². The predicted octanol–water partition coefficient (Wildman–Crippen LogP) is 4.22. The van der Waals surface area contributed by atoms with Gasteiger partial charge in [-0.2, -0.15) is 0 Å². The van der Waals surface area contributed by atoms with Crippen LogP contribution in [-0.4, -0.2) is 22.9 Å². The molecule has 2 aromatic carbocycles. The second-order valence-electron chi connectivity index (χ2n) is 5.89. The highest BCUT2D eigenvalue weighted by Gasteiger charge is 2.13. The van der Waals surface area contributed by atoms with Crippen LogP contribution in [0.5, 0.6) is 5.75 Å². The number of aryl methyl sites for hydroxylation is 1. The Kier molecular flexibility index (Phi) is 5.46. The number of non-ortho nitro benzene ring substituents is 1. The predicted molar refractivity (Wildman–Crippen MR) is 104 cm³/mol. The first-order valence-electron chi connectivity index (χ1n) is 8.10. The first kappa shape index (κ1) is 18.5. The fraction of sp³-hybridized carbons (Fsp3) is 0.158. The summed E-state index contributed by atoms with van der Waals surface area (Å²) in [7, 11) is 1.60. The molecule has 3 rings (SSSR count). The Labute approximate surface area is 159 Å². The highest BCUT2D eigenvalue weighted by Crippen LogP contribution is 2.33. The molecule has 0 aliphatic heterocycles. The number of carbonyl (C=O) groups is 1. The zero-order valence-electron chi connectivity index (χ0n) is 14.8. The fourth-order valence-corrected chi connectivity index (χ4v) is 3.29. The van der Waals surface area contributed by atoms with Gasteiger partial charge in [-0.3, -0.25) is 14.9 Å². The summed E-state index contributed by atoms with van der Waals surface area (Å²) in [6, 6.07) is 11.7. The molecule has 0 saturated heterocycles. The summed E-state index contributed by atoms with van der Waals surface area (Å²) in [5.41, 5.74) is 3.37. The summed E-state index contributed by atoms with van der Waals surface area (Å²) in [4.78, 5) is 26.9. The Morgan fingerprint density at radius 1 is 1.26 bits per heavy atom. The number of carbonyl (C=O) groups excluding carboxylic acids is 1. The fourth-order valence-electron chi connectivity index (χ4n) is 2.56. The van der Waals surface area contributed by atoms with Crippen molar-refractivity contribution in [1.29, 1.82) is 0 Å². The number of aromatic nitrogens is 1. The molecule has 0 aliphatic rings. The Bertz CT molecular complexity index is 983. The molecule has 1 heterocycles. The number of amides is 1. The van der Waals surface area contributed by atoms with Crippen LogP contribution in [0, 0.1) is 17.0 Å². The van der Waals surface area contributed by atoms with Crippen LogP contribution in [0.15, 0.2) is 47.8 Å². The molecule has 0 saturated carbocycles. The van der Waals surface area contributed by atoms with E-state index in [0.29, 0.717) is 10.7 Å². The normalized spacial score (nSPS) is 10.4. The highest BCUT2D eigenvalue weighted by molar-refractivity contribution is 7.14. The second-order valence-corrected chi connectivity index (χ2v) is 6.75. The van der Waals surface area contributed by atoms with Crippen molar-refractivity contribution < 1.29 is 14.5 Å². The number of hydrogen-bond acceptors (Lipinski definition) is 6. The van der Waals surface area contributed by atoms with Crippen molar-refractivity contribution in [2.45, 2.75) is 13.3 Å². The van der Waals surface area contributed by atoms with Gasteiger partial charge in [-0.25, -0.2) is 4.98 Å². The zero-order valence-corrected chi connectivity index (χ0v) is 15.6. The Hall–Kier alpha value is -3.26. The number of hydrogen-bond donors (Lipinski definition) is 1. The van der Waals surface area contributed by atoms with Gasteiger partial charge in [-0.15, -0.1) is 11.3 Å². The van der Waals surface area contributed by atoms with Crippen LogP contribution in [-0.2, 0) is 11.2 Å². The lowest BCUT2D eigenvalue weighted by atomic mass is 10.1. The number of nitrogens with zero attached hydrogens (tertiary/aromatic N) is 2. The monoisotopic (exact) mass is 383 g/mol. The molecule has 1 N–H and O–H groups in total. The van der Waals surface area contributed by atoms with Crippen molar-refractivity contribution in [3.8, 4) is 17.0 Å². The number of ether oxygens (including phenoxy) is 1. The molecule has 138 valence electrons.